The summed E-state index contributed by atoms with van der Waals surface area (Å²) >= 11 is 0. The number of hydrogen-bond acceptors (Lipinski definition) is 4. The summed E-state index contributed by atoms with van der Waals surface area (Å²) in [6, 6.07) is 3.35. The van der Waals surface area contributed by atoms with E-state index < -0.39 is 5.97 Å². The molecule has 1 saturated heterocycles. The van der Waals surface area contributed by atoms with Crippen LogP contribution in [-0.2, 0) is 11.3 Å². The van der Waals surface area contributed by atoms with Gasteiger partial charge < -0.3 is 9.84 Å². The van der Waals surface area contributed by atoms with Gasteiger partial charge in [-0.25, -0.2) is 9.78 Å². The highest BCUT2D eigenvalue weighted by atomic mass is 35.5. The van der Waals surface area contributed by atoms with Crippen LogP contribution in [0.2, 0.25) is 0 Å². The minimum Gasteiger partial charge on any atom is -0.477 e. The van der Waals surface area contributed by atoms with Crippen molar-refractivity contribution in [2.24, 2.45) is 0 Å². The SMILES string of the molecule is Cl.Cl.O=C(O)c1ccc(CN2CCOCC2)cn1. The Morgan fingerprint density at radius 2 is 2.00 bits per heavy atom. The predicted octanol–water partition coefficient (Wildman–Crippen LogP) is 1.46. The van der Waals surface area contributed by atoms with Crippen LogP contribution in [0.4, 0.5) is 0 Å². The van der Waals surface area contributed by atoms with Gasteiger partial charge in [0.2, 0.25) is 0 Å². The summed E-state index contributed by atoms with van der Waals surface area (Å²) in [4.78, 5) is 16.8. The molecule has 5 nitrogen and oxygen atoms in total. The molecule has 0 atom stereocenters. The number of halogens is 2. The molecule has 1 aliphatic rings. The fourth-order valence-electron chi connectivity index (χ4n) is 1.66. The summed E-state index contributed by atoms with van der Waals surface area (Å²) in [6.07, 6.45) is 1.62. The fraction of sp³-hybridized carbons (Fsp3) is 0.455. The Kier molecular flexibility index (Phi) is 7.86. The Morgan fingerprint density at radius 3 is 2.50 bits per heavy atom. The van der Waals surface area contributed by atoms with E-state index in [1.807, 2.05) is 6.07 Å². The van der Waals surface area contributed by atoms with Crippen LogP contribution in [0.15, 0.2) is 18.3 Å². The molecule has 0 saturated carbocycles. The average Bonchev–Trinajstić information content (AvgIpc) is 2.31. The van der Waals surface area contributed by atoms with E-state index in [2.05, 4.69) is 9.88 Å². The van der Waals surface area contributed by atoms with Crippen molar-refractivity contribution in [3.05, 3.63) is 29.6 Å². The van der Waals surface area contributed by atoms with Gasteiger partial charge in [0, 0.05) is 25.8 Å². The van der Waals surface area contributed by atoms with Gasteiger partial charge in [-0.15, -0.1) is 24.8 Å². The quantitative estimate of drug-likeness (QED) is 0.914. The van der Waals surface area contributed by atoms with Gasteiger partial charge in [-0.2, -0.15) is 0 Å². The lowest BCUT2D eigenvalue weighted by molar-refractivity contribution is 0.0341. The molecule has 0 aliphatic carbocycles. The summed E-state index contributed by atoms with van der Waals surface area (Å²) < 4.78 is 5.25. The lowest BCUT2D eigenvalue weighted by atomic mass is 10.2. The van der Waals surface area contributed by atoms with E-state index in [9.17, 15) is 4.79 Å². The molecule has 18 heavy (non-hydrogen) atoms. The van der Waals surface area contributed by atoms with E-state index in [0.29, 0.717) is 0 Å². The van der Waals surface area contributed by atoms with E-state index in [1.165, 1.54) is 6.07 Å². The zero-order valence-corrected chi connectivity index (χ0v) is 11.4. The molecule has 1 aliphatic heterocycles. The molecular weight excluding hydrogens is 279 g/mol. The first kappa shape index (κ1) is 17.1. The van der Waals surface area contributed by atoms with Crippen molar-refractivity contribution in [3.8, 4) is 0 Å². The molecule has 7 heteroatoms. The smallest absolute Gasteiger partial charge is 0.354 e. The number of carboxylic acids is 1. The van der Waals surface area contributed by atoms with Crippen molar-refractivity contribution >= 4 is 30.8 Å². The summed E-state index contributed by atoms with van der Waals surface area (Å²) in [6.45, 7) is 4.17. The maximum absolute atomic E-state index is 10.6. The van der Waals surface area contributed by atoms with Crippen molar-refractivity contribution < 1.29 is 14.6 Å². The molecule has 1 N–H and O–H groups in total. The highest BCUT2D eigenvalue weighted by Gasteiger charge is 2.11. The van der Waals surface area contributed by atoms with Gasteiger partial charge in [-0.3, -0.25) is 4.90 Å². The summed E-state index contributed by atoms with van der Waals surface area (Å²) in [5.74, 6) is -0.988. The molecule has 0 unspecified atom stereocenters. The van der Waals surface area contributed by atoms with Crippen LogP contribution in [0.5, 0.6) is 0 Å². The average molecular weight is 295 g/mol. The highest BCUT2D eigenvalue weighted by Crippen LogP contribution is 2.06. The number of hydrogen-bond donors (Lipinski definition) is 1. The van der Waals surface area contributed by atoms with Crippen LogP contribution in [0.25, 0.3) is 0 Å². The molecule has 2 heterocycles. The largest absolute Gasteiger partial charge is 0.477 e. The first-order chi connectivity index (χ1) is 7.75. The Labute approximate surface area is 118 Å². The summed E-state index contributed by atoms with van der Waals surface area (Å²) in [5.41, 5.74) is 1.12. The number of carboxylic acid groups (broad SMARTS) is 1. The zero-order chi connectivity index (χ0) is 11.4. The first-order valence-electron chi connectivity index (χ1n) is 5.24. The molecule has 102 valence electrons. The van der Waals surface area contributed by atoms with E-state index in [1.54, 1.807) is 6.20 Å². The van der Waals surface area contributed by atoms with E-state index in [0.717, 1.165) is 38.4 Å². The highest BCUT2D eigenvalue weighted by molar-refractivity contribution is 5.86. The molecule has 0 amide bonds. The molecule has 1 fully saturated rings. The second-order valence-corrected chi connectivity index (χ2v) is 3.75. The molecule has 0 spiro atoms. The topological polar surface area (TPSA) is 62.7 Å². The van der Waals surface area contributed by atoms with Gasteiger partial charge in [-0.05, 0) is 11.6 Å². The summed E-state index contributed by atoms with van der Waals surface area (Å²) in [5, 5.41) is 8.71. The monoisotopic (exact) mass is 294 g/mol. The van der Waals surface area contributed by atoms with Gasteiger partial charge >= 0.3 is 5.97 Å². The van der Waals surface area contributed by atoms with E-state index in [-0.39, 0.29) is 30.5 Å². The number of nitrogens with zero attached hydrogens (tertiary/aromatic N) is 2. The number of aromatic carboxylic acids is 1. The number of morpholine rings is 1. The maximum Gasteiger partial charge on any atom is 0.354 e. The van der Waals surface area contributed by atoms with Gasteiger partial charge in [-0.1, -0.05) is 6.07 Å². The second-order valence-electron chi connectivity index (χ2n) is 3.75. The van der Waals surface area contributed by atoms with Crippen molar-refractivity contribution in [2.75, 3.05) is 26.3 Å². The van der Waals surface area contributed by atoms with Crippen LogP contribution in [0.1, 0.15) is 16.1 Å². The number of pyridine rings is 1. The summed E-state index contributed by atoms with van der Waals surface area (Å²) in [7, 11) is 0. The van der Waals surface area contributed by atoms with Crippen molar-refractivity contribution in [1.82, 2.24) is 9.88 Å². The van der Waals surface area contributed by atoms with E-state index >= 15 is 0 Å². The van der Waals surface area contributed by atoms with Crippen LogP contribution in [0, 0.1) is 0 Å². The van der Waals surface area contributed by atoms with Crippen LogP contribution >= 0.6 is 24.8 Å². The molecule has 1 aromatic heterocycles. The molecule has 0 bridgehead atoms. The molecule has 0 aromatic carbocycles. The fourth-order valence-corrected chi connectivity index (χ4v) is 1.66. The van der Waals surface area contributed by atoms with Crippen LogP contribution < -0.4 is 0 Å². The zero-order valence-electron chi connectivity index (χ0n) is 9.74. The molecular formula is C11H16Cl2N2O3. The van der Waals surface area contributed by atoms with Crippen molar-refractivity contribution in [3.63, 3.8) is 0 Å². The van der Waals surface area contributed by atoms with Gasteiger partial charge in [0.15, 0.2) is 0 Å². The minimum absolute atomic E-state index is 0. The van der Waals surface area contributed by atoms with E-state index in [4.69, 9.17) is 9.84 Å². The molecule has 2 rings (SSSR count). The van der Waals surface area contributed by atoms with Crippen molar-refractivity contribution in [1.29, 1.82) is 0 Å². The lowest BCUT2D eigenvalue weighted by Gasteiger charge is -2.26. The number of aromatic nitrogens is 1. The van der Waals surface area contributed by atoms with Gasteiger partial charge in [0.25, 0.3) is 0 Å². The van der Waals surface area contributed by atoms with Gasteiger partial charge in [0.05, 0.1) is 13.2 Å². The molecule has 0 radical (unpaired) electrons. The Hall–Kier alpha value is -0.880. The second kappa shape index (κ2) is 8.26. The van der Waals surface area contributed by atoms with Crippen LogP contribution in [-0.4, -0.2) is 47.3 Å². The normalized spacial score (nSPS) is 15.3. The third-order valence-corrected chi connectivity index (χ3v) is 2.55. The minimum atomic E-state index is -0.988. The standard InChI is InChI=1S/C11H14N2O3.2ClH/c14-11(15)10-2-1-9(7-12-10)8-13-3-5-16-6-4-13;;/h1-2,7H,3-6,8H2,(H,14,15);2*1H. The third kappa shape index (κ3) is 4.78. The molecule has 1 aromatic rings. The third-order valence-electron chi connectivity index (χ3n) is 2.55. The van der Waals surface area contributed by atoms with Gasteiger partial charge in [0.1, 0.15) is 5.69 Å². The number of rotatable bonds is 3. The Morgan fingerprint density at radius 1 is 1.33 bits per heavy atom. The number of carbonyl (C=O) groups is 1. The number of ether oxygens (including phenoxy) is 1. The lowest BCUT2D eigenvalue weighted by Crippen LogP contribution is -2.35. The Bertz CT molecular complexity index is 367. The Balaban J connectivity index is 0.00000144. The predicted molar refractivity (Wildman–Crippen MR) is 71.8 cm³/mol. The van der Waals surface area contributed by atoms with Crippen LogP contribution in [0.3, 0.4) is 0 Å². The maximum atomic E-state index is 10.6. The van der Waals surface area contributed by atoms with Crippen molar-refractivity contribution in [2.45, 2.75) is 6.54 Å². The first-order valence-corrected chi connectivity index (χ1v) is 5.24.